The lowest BCUT2D eigenvalue weighted by atomic mass is 10.1. The van der Waals surface area contributed by atoms with Crippen molar-refractivity contribution >= 4 is 5.91 Å². The largest absolute Gasteiger partial charge is 0.497 e. The van der Waals surface area contributed by atoms with Gasteiger partial charge in [0.15, 0.2) is 0 Å². The summed E-state index contributed by atoms with van der Waals surface area (Å²) in [5.41, 5.74) is 0.791. The van der Waals surface area contributed by atoms with Crippen LogP contribution in [0.15, 0.2) is 24.3 Å². The Balaban J connectivity index is 1.78. The van der Waals surface area contributed by atoms with Gasteiger partial charge in [0.1, 0.15) is 5.75 Å². The average Bonchev–Trinajstić information content (AvgIpc) is 3.13. The molecule has 3 heteroatoms. The molecule has 1 aromatic rings. The maximum absolute atomic E-state index is 12.7. The van der Waals surface area contributed by atoms with Crippen molar-refractivity contribution in [3.05, 3.63) is 29.8 Å². The maximum Gasteiger partial charge on any atom is 0.254 e. The Morgan fingerprint density at radius 2 is 1.63 bits per heavy atom. The number of nitrogens with zero attached hydrogens (tertiary/aromatic N) is 1. The number of hydrogen-bond donors (Lipinski definition) is 0. The molecule has 0 radical (unpaired) electrons. The zero-order valence-corrected chi connectivity index (χ0v) is 11.5. The number of methoxy groups -OCH3 is 1. The van der Waals surface area contributed by atoms with E-state index in [1.54, 1.807) is 7.11 Å². The third-order valence-corrected chi connectivity index (χ3v) is 4.23. The summed E-state index contributed by atoms with van der Waals surface area (Å²) in [7, 11) is 1.64. The van der Waals surface area contributed by atoms with Gasteiger partial charge in [-0.3, -0.25) is 4.79 Å². The number of rotatable bonds is 4. The number of benzene rings is 1. The number of carbonyl (C=O) groups excluding carboxylic acids is 1. The van der Waals surface area contributed by atoms with Crippen LogP contribution in [0.3, 0.4) is 0 Å². The molecule has 1 amide bonds. The van der Waals surface area contributed by atoms with Crippen LogP contribution in [0.2, 0.25) is 0 Å². The lowest BCUT2D eigenvalue weighted by Crippen LogP contribution is -2.40. The van der Waals surface area contributed by atoms with Crippen molar-refractivity contribution in [3.8, 4) is 5.75 Å². The van der Waals surface area contributed by atoms with E-state index in [1.807, 2.05) is 24.3 Å². The number of amides is 1. The van der Waals surface area contributed by atoms with Gasteiger partial charge in [-0.15, -0.1) is 0 Å². The second-order valence-corrected chi connectivity index (χ2v) is 5.61. The van der Waals surface area contributed by atoms with Gasteiger partial charge in [-0.05, 0) is 49.9 Å². The SMILES string of the molecule is COc1ccc(C(=O)N(C2CCCC2)C2CC2)cc1. The first-order chi connectivity index (χ1) is 9.29. The van der Waals surface area contributed by atoms with Crippen LogP contribution in [0.5, 0.6) is 5.75 Å². The van der Waals surface area contributed by atoms with Crippen LogP contribution in [-0.4, -0.2) is 30.0 Å². The van der Waals surface area contributed by atoms with Crippen molar-refractivity contribution in [2.45, 2.75) is 50.6 Å². The first-order valence-electron chi connectivity index (χ1n) is 7.26. The third kappa shape index (κ3) is 2.60. The van der Waals surface area contributed by atoms with Gasteiger partial charge in [0.2, 0.25) is 0 Å². The highest BCUT2D eigenvalue weighted by atomic mass is 16.5. The minimum absolute atomic E-state index is 0.206. The van der Waals surface area contributed by atoms with Gasteiger partial charge in [-0.2, -0.15) is 0 Å². The van der Waals surface area contributed by atoms with Crippen molar-refractivity contribution in [2.24, 2.45) is 0 Å². The van der Waals surface area contributed by atoms with Crippen LogP contribution in [0, 0.1) is 0 Å². The van der Waals surface area contributed by atoms with Crippen LogP contribution >= 0.6 is 0 Å². The Bertz CT molecular complexity index is 444. The van der Waals surface area contributed by atoms with E-state index in [9.17, 15) is 4.79 Å². The molecule has 0 unspecified atom stereocenters. The molecule has 19 heavy (non-hydrogen) atoms. The highest BCUT2D eigenvalue weighted by Gasteiger charge is 2.38. The summed E-state index contributed by atoms with van der Waals surface area (Å²) in [6.07, 6.45) is 7.25. The van der Waals surface area contributed by atoms with Gasteiger partial charge >= 0.3 is 0 Å². The van der Waals surface area contributed by atoms with Gasteiger partial charge in [0.25, 0.3) is 5.91 Å². The zero-order chi connectivity index (χ0) is 13.2. The highest BCUT2D eigenvalue weighted by Crippen LogP contribution is 2.35. The Kier molecular flexibility index (Phi) is 3.45. The van der Waals surface area contributed by atoms with Crippen molar-refractivity contribution in [1.82, 2.24) is 4.90 Å². The fourth-order valence-corrected chi connectivity index (χ4v) is 3.05. The van der Waals surface area contributed by atoms with Crippen LogP contribution in [-0.2, 0) is 0 Å². The van der Waals surface area contributed by atoms with E-state index in [1.165, 1.54) is 38.5 Å². The van der Waals surface area contributed by atoms with Gasteiger partial charge < -0.3 is 9.64 Å². The minimum Gasteiger partial charge on any atom is -0.497 e. The molecule has 0 aliphatic heterocycles. The van der Waals surface area contributed by atoms with Gasteiger partial charge in [0, 0.05) is 17.6 Å². The summed E-state index contributed by atoms with van der Waals surface area (Å²) in [6.45, 7) is 0. The molecule has 0 atom stereocenters. The Morgan fingerprint density at radius 1 is 1.05 bits per heavy atom. The summed E-state index contributed by atoms with van der Waals surface area (Å²) in [5.74, 6) is 1.01. The second-order valence-electron chi connectivity index (χ2n) is 5.61. The molecule has 2 aliphatic rings. The van der Waals surface area contributed by atoms with E-state index in [4.69, 9.17) is 4.74 Å². The van der Waals surface area contributed by atoms with E-state index in [2.05, 4.69) is 4.90 Å². The molecule has 0 saturated heterocycles. The predicted molar refractivity (Wildman–Crippen MR) is 74.4 cm³/mol. The van der Waals surface area contributed by atoms with Crippen molar-refractivity contribution in [3.63, 3.8) is 0 Å². The molecule has 1 aromatic carbocycles. The van der Waals surface area contributed by atoms with E-state index in [0.717, 1.165) is 11.3 Å². The fraction of sp³-hybridized carbons (Fsp3) is 0.562. The molecule has 0 spiro atoms. The summed E-state index contributed by atoms with van der Waals surface area (Å²) >= 11 is 0. The Labute approximate surface area is 114 Å². The molecular formula is C16H21NO2. The third-order valence-electron chi connectivity index (χ3n) is 4.23. The molecular weight excluding hydrogens is 238 g/mol. The quantitative estimate of drug-likeness (QED) is 0.830. The highest BCUT2D eigenvalue weighted by molar-refractivity contribution is 5.95. The second kappa shape index (κ2) is 5.24. The summed E-state index contributed by atoms with van der Waals surface area (Å²) < 4.78 is 5.14. The zero-order valence-electron chi connectivity index (χ0n) is 11.5. The Morgan fingerprint density at radius 3 is 2.16 bits per heavy atom. The topological polar surface area (TPSA) is 29.5 Å². The summed E-state index contributed by atoms with van der Waals surface area (Å²) in [6, 6.07) is 8.47. The van der Waals surface area contributed by atoms with Crippen LogP contribution in [0.1, 0.15) is 48.9 Å². The molecule has 102 valence electrons. The molecule has 3 rings (SSSR count). The van der Waals surface area contributed by atoms with E-state index < -0.39 is 0 Å². The number of hydrogen-bond acceptors (Lipinski definition) is 2. The van der Waals surface area contributed by atoms with Gasteiger partial charge in [-0.1, -0.05) is 12.8 Å². The van der Waals surface area contributed by atoms with Gasteiger partial charge in [0.05, 0.1) is 7.11 Å². The normalized spacial score (nSPS) is 19.4. The monoisotopic (exact) mass is 259 g/mol. The molecule has 0 bridgehead atoms. The van der Waals surface area contributed by atoms with Crippen LogP contribution in [0.4, 0.5) is 0 Å². The summed E-state index contributed by atoms with van der Waals surface area (Å²) in [4.78, 5) is 14.9. The molecule has 0 N–H and O–H groups in total. The predicted octanol–water partition coefficient (Wildman–Crippen LogP) is 3.24. The first kappa shape index (κ1) is 12.5. The maximum atomic E-state index is 12.7. The van der Waals surface area contributed by atoms with Gasteiger partial charge in [-0.25, -0.2) is 0 Å². The van der Waals surface area contributed by atoms with Crippen molar-refractivity contribution < 1.29 is 9.53 Å². The molecule has 2 fully saturated rings. The lowest BCUT2D eigenvalue weighted by molar-refractivity contribution is 0.0664. The number of carbonyl (C=O) groups is 1. The van der Waals surface area contributed by atoms with Crippen molar-refractivity contribution in [2.75, 3.05) is 7.11 Å². The average molecular weight is 259 g/mol. The molecule has 2 aliphatic carbocycles. The summed E-state index contributed by atoms with van der Waals surface area (Å²) in [5, 5.41) is 0. The lowest BCUT2D eigenvalue weighted by Gasteiger charge is -2.29. The molecule has 0 aromatic heterocycles. The van der Waals surface area contributed by atoms with Crippen LogP contribution < -0.4 is 4.74 Å². The minimum atomic E-state index is 0.206. The molecule has 0 heterocycles. The molecule has 2 saturated carbocycles. The smallest absolute Gasteiger partial charge is 0.254 e. The van der Waals surface area contributed by atoms with E-state index in [-0.39, 0.29) is 5.91 Å². The van der Waals surface area contributed by atoms with E-state index in [0.29, 0.717) is 12.1 Å². The first-order valence-corrected chi connectivity index (χ1v) is 7.26. The Hall–Kier alpha value is -1.51. The fourth-order valence-electron chi connectivity index (χ4n) is 3.05. The standard InChI is InChI=1S/C16H21NO2/c1-19-15-10-6-12(7-11-15)16(18)17(14-8-9-14)13-4-2-3-5-13/h6-7,10-11,13-14H,2-5,8-9H2,1H3. The van der Waals surface area contributed by atoms with Crippen molar-refractivity contribution in [1.29, 1.82) is 0 Å². The number of ether oxygens (including phenoxy) is 1. The molecule has 3 nitrogen and oxygen atoms in total. The van der Waals surface area contributed by atoms with Crippen LogP contribution in [0.25, 0.3) is 0 Å². The van der Waals surface area contributed by atoms with E-state index >= 15 is 0 Å².